The highest BCUT2D eigenvalue weighted by molar-refractivity contribution is 5.51. The monoisotopic (exact) mass is 284 g/mol. The number of nitriles is 1. The van der Waals surface area contributed by atoms with Gasteiger partial charge < -0.3 is 9.84 Å². The zero-order chi connectivity index (χ0) is 15.4. The molecular weight excluding hydrogens is 272 g/mol. The molecule has 0 bridgehead atoms. The summed E-state index contributed by atoms with van der Waals surface area (Å²) in [6.45, 7) is 1.55. The minimum atomic E-state index is -0.824. The molecule has 2 aromatic rings. The Morgan fingerprint density at radius 3 is 2.62 bits per heavy atom. The number of para-hydroxylation sites is 2. The van der Waals surface area contributed by atoms with Crippen LogP contribution in [-0.4, -0.2) is 10.0 Å². The van der Waals surface area contributed by atoms with Gasteiger partial charge in [0.25, 0.3) is 0 Å². The molecule has 0 spiro atoms. The summed E-state index contributed by atoms with van der Waals surface area (Å²) in [4.78, 5) is 10.4. The maximum absolute atomic E-state index is 11.0. The van der Waals surface area contributed by atoms with Gasteiger partial charge in [-0.3, -0.25) is 10.1 Å². The van der Waals surface area contributed by atoms with Crippen LogP contribution in [0.5, 0.6) is 11.5 Å². The van der Waals surface area contributed by atoms with Gasteiger partial charge in [-0.05, 0) is 25.1 Å². The molecule has 0 amide bonds. The highest BCUT2D eigenvalue weighted by Gasteiger charge is 2.17. The fraction of sp³-hybridized carbons (Fsp3) is 0.133. The van der Waals surface area contributed by atoms with Crippen LogP contribution in [0.4, 0.5) is 5.69 Å². The van der Waals surface area contributed by atoms with Crippen LogP contribution in [0.3, 0.4) is 0 Å². The number of nitrogens with zero attached hydrogens (tertiary/aromatic N) is 2. The number of nitro groups is 1. The van der Waals surface area contributed by atoms with Crippen molar-refractivity contribution in [3.05, 3.63) is 63.7 Å². The molecule has 0 aromatic heterocycles. The Kier molecular flexibility index (Phi) is 4.16. The second-order valence-electron chi connectivity index (χ2n) is 4.37. The van der Waals surface area contributed by atoms with E-state index < -0.39 is 11.0 Å². The van der Waals surface area contributed by atoms with E-state index in [0.29, 0.717) is 11.1 Å². The van der Waals surface area contributed by atoms with Gasteiger partial charge in [-0.25, -0.2) is 0 Å². The van der Waals surface area contributed by atoms with Gasteiger partial charge in [-0.2, -0.15) is 5.26 Å². The van der Waals surface area contributed by atoms with Crippen LogP contribution < -0.4 is 4.74 Å². The molecule has 1 N–H and O–H groups in total. The van der Waals surface area contributed by atoms with E-state index in [1.165, 1.54) is 24.3 Å². The molecule has 6 heteroatoms. The second kappa shape index (κ2) is 6.03. The van der Waals surface area contributed by atoms with Crippen molar-refractivity contribution in [2.45, 2.75) is 13.0 Å². The van der Waals surface area contributed by atoms with E-state index >= 15 is 0 Å². The predicted octanol–water partition coefficient (Wildman–Crippen LogP) is 3.31. The summed E-state index contributed by atoms with van der Waals surface area (Å²) in [6, 6.07) is 12.4. The number of aliphatic hydroxyl groups is 1. The van der Waals surface area contributed by atoms with Gasteiger partial charge in [-0.1, -0.05) is 18.2 Å². The lowest BCUT2D eigenvalue weighted by Crippen LogP contribution is -1.99. The van der Waals surface area contributed by atoms with Crippen LogP contribution in [0.1, 0.15) is 24.2 Å². The van der Waals surface area contributed by atoms with Crippen LogP contribution in [-0.2, 0) is 0 Å². The molecule has 2 rings (SSSR count). The van der Waals surface area contributed by atoms with Crippen LogP contribution in [0.25, 0.3) is 0 Å². The Bertz CT molecular complexity index is 720. The maximum Gasteiger partial charge on any atom is 0.311 e. The zero-order valence-corrected chi connectivity index (χ0v) is 11.2. The lowest BCUT2D eigenvalue weighted by atomic mass is 10.1. The van der Waals surface area contributed by atoms with E-state index in [-0.39, 0.29) is 17.2 Å². The minimum Gasteiger partial charge on any atom is -0.450 e. The van der Waals surface area contributed by atoms with E-state index in [9.17, 15) is 15.2 Å². The van der Waals surface area contributed by atoms with Crippen molar-refractivity contribution in [2.24, 2.45) is 0 Å². The average molecular weight is 284 g/mol. The predicted molar refractivity (Wildman–Crippen MR) is 75.0 cm³/mol. The molecule has 0 fully saturated rings. The summed E-state index contributed by atoms with van der Waals surface area (Å²) < 4.78 is 5.55. The number of aliphatic hydroxyl groups excluding tert-OH is 1. The summed E-state index contributed by atoms with van der Waals surface area (Å²) in [7, 11) is 0. The van der Waals surface area contributed by atoms with Crippen molar-refractivity contribution in [2.75, 3.05) is 0 Å². The highest BCUT2D eigenvalue weighted by atomic mass is 16.6. The van der Waals surface area contributed by atoms with E-state index in [4.69, 9.17) is 10.00 Å². The van der Waals surface area contributed by atoms with Gasteiger partial charge in [0.2, 0.25) is 5.75 Å². The highest BCUT2D eigenvalue weighted by Crippen LogP contribution is 2.35. The van der Waals surface area contributed by atoms with Gasteiger partial charge in [0.15, 0.2) is 0 Å². The average Bonchev–Trinajstić information content (AvgIpc) is 2.47. The first-order chi connectivity index (χ1) is 10.0. The largest absolute Gasteiger partial charge is 0.450 e. The number of hydrogen-bond donors (Lipinski definition) is 1. The second-order valence-corrected chi connectivity index (χ2v) is 4.37. The molecule has 0 aliphatic rings. The zero-order valence-electron chi connectivity index (χ0n) is 11.2. The summed E-state index contributed by atoms with van der Waals surface area (Å²) in [5.41, 5.74) is 0.608. The molecule has 0 saturated heterocycles. The van der Waals surface area contributed by atoms with Crippen molar-refractivity contribution in [3.8, 4) is 17.6 Å². The van der Waals surface area contributed by atoms with Crippen LogP contribution in [0, 0.1) is 21.4 Å². The van der Waals surface area contributed by atoms with E-state index in [0.717, 1.165) is 0 Å². The standard InChI is InChI=1S/C15H12N2O4/c1-10(18)12-7-6-11(9-16)8-15(12)21-14-5-3-2-4-13(14)17(19)20/h2-8,10,18H,1H3. The Balaban J connectivity index is 2.48. The molecule has 0 heterocycles. The summed E-state index contributed by atoms with van der Waals surface area (Å²) in [6.07, 6.45) is -0.824. The molecule has 21 heavy (non-hydrogen) atoms. The smallest absolute Gasteiger partial charge is 0.311 e. The van der Waals surface area contributed by atoms with Crippen LogP contribution >= 0.6 is 0 Å². The Morgan fingerprint density at radius 1 is 1.29 bits per heavy atom. The lowest BCUT2D eigenvalue weighted by Gasteiger charge is -2.13. The summed E-state index contributed by atoms with van der Waals surface area (Å²) in [5, 5.41) is 29.6. The fourth-order valence-corrected chi connectivity index (χ4v) is 1.85. The number of rotatable bonds is 4. The molecule has 1 atom stereocenters. The maximum atomic E-state index is 11.0. The number of hydrogen-bond acceptors (Lipinski definition) is 5. The fourth-order valence-electron chi connectivity index (χ4n) is 1.85. The van der Waals surface area contributed by atoms with Crippen LogP contribution in [0.2, 0.25) is 0 Å². The van der Waals surface area contributed by atoms with Gasteiger partial charge in [0, 0.05) is 11.6 Å². The van der Waals surface area contributed by atoms with E-state index in [1.807, 2.05) is 6.07 Å². The molecule has 0 aliphatic heterocycles. The normalized spacial score (nSPS) is 11.5. The van der Waals surface area contributed by atoms with E-state index in [2.05, 4.69) is 0 Å². The molecule has 0 radical (unpaired) electrons. The molecule has 1 unspecified atom stereocenters. The molecule has 0 saturated carbocycles. The number of benzene rings is 2. The molecule has 0 aliphatic carbocycles. The number of nitro benzene ring substituents is 1. The molecule has 106 valence electrons. The minimum absolute atomic E-state index is 0.0551. The Morgan fingerprint density at radius 2 is 2.00 bits per heavy atom. The summed E-state index contributed by atoms with van der Waals surface area (Å²) in [5.74, 6) is 0.276. The van der Waals surface area contributed by atoms with Crippen molar-refractivity contribution < 1.29 is 14.8 Å². The van der Waals surface area contributed by atoms with Crippen molar-refractivity contribution in [3.63, 3.8) is 0 Å². The van der Waals surface area contributed by atoms with Gasteiger partial charge in [0.1, 0.15) is 5.75 Å². The first-order valence-corrected chi connectivity index (χ1v) is 6.16. The Hall–Kier alpha value is -2.91. The van der Waals surface area contributed by atoms with Crippen molar-refractivity contribution in [1.29, 1.82) is 5.26 Å². The molecular formula is C15H12N2O4. The Labute approximate surface area is 121 Å². The van der Waals surface area contributed by atoms with Crippen molar-refractivity contribution >= 4 is 5.69 Å². The lowest BCUT2D eigenvalue weighted by molar-refractivity contribution is -0.385. The SMILES string of the molecule is CC(O)c1ccc(C#N)cc1Oc1ccccc1[N+](=O)[O-]. The first kappa shape index (κ1) is 14.5. The quantitative estimate of drug-likeness (QED) is 0.686. The van der Waals surface area contributed by atoms with E-state index in [1.54, 1.807) is 25.1 Å². The third-order valence-corrected chi connectivity index (χ3v) is 2.87. The third kappa shape index (κ3) is 3.16. The third-order valence-electron chi connectivity index (χ3n) is 2.87. The molecule has 6 nitrogen and oxygen atoms in total. The number of ether oxygens (including phenoxy) is 1. The molecule has 2 aromatic carbocycles. The van der Waals surface area contributed by atoms with Crippen molar-refractivity contribution in [1.82, 2.24) is 0 Å². The summed E-state index contributed by atoms with van der Waals surface area (Å²) >= 11 is 0. The van der Waals surface area contributed by atoms with Gasteiger partial charge in [-0.15, -0.1) is 0 Å². The van der Waals surface area contributed by atoms with Gasteiger partial charge >= 0.3 is 5.69 Å². The van der Waals surface area contributed by atoms with Crippen LogP contribution in [0.15, 0.2) is 42.5 Å². The first-order valence-electron chi connectivity index (χ1n) is 6.16. The topological polar surface area (TPSA) is 96.4 Å². The van der Waals surface area contributed by atoms with Gasteiger partial charge in [0.05, 0.1) is 22.7 Å².